The monoisotopic (exact) mass is 261 g/mol. The van der Waals surface area contributed by atoms with Gasteiger partial charge in [0, 0.05) is 6.20 Å². The molecule has 0 atom stereocenters. The molecule has 0 aromatic carbocycles. The molecule has 0 saturated heterocycles. The molecule has 1 rings (SSSR count). The third kappa shape index (κ3) is 2.49. The molecule has 1 aromatic heterocycles. The van der Waals surface area contributed by atoms with Crippen molar-refractivity contribution in [2.45, 2.75) is 0 Å². The Hall–Kier alpha value is -0.580. The van der Waals surface area contributed by atoms with Gasteiger partial charge < -0.3 is 4.74 Å². The lowest BCUT2D eigenvalue weighted by atomic mass is 10.5. The van der Waals surface area contributed by atoms with Crippen LogP contribution in [-0.4, -0.2) is 11.6 Å². The minimum Gasteiger partial charge on any atom is -0.487 e. The summed E-state index contributed by atoms with van der Waals surface area (Å²) in [5.74, 6) is 0.813. The summed E-state index contributed by atoms with van der Waals surface area (Å²) < 4.78 is 6.18. The Kier molecular flexibility index (Phi) is 3.35. The summed E-state index contributed by atoms with van der Waals surface area (Å²) in [6.45, 7) is 4.09. The summed E-state index contributed by atoms with van der Waals surface area (Å²) in [6.07, 6.45) is 3.45. The van der Waals surface area contributed by atoms with E-state index in [9.17, 15) is 0 Å². The highest BCUT2D eigenvalue weighted by Gasteiger charge is 1.97. The van der Waals surface area contributed by atoms with E-state index in [2.05, 4.69) is 34.2 Å². The number of ether oxygens (including phenoxy) is 1. The van der Waals surface area contributed by atoms with Crippen LogP contribution in [0, 0.1) is 3.70 Å². The molecule has 1 aromatic rings. The first-order valence-corrected chi connectivity index (χ1v) is 4.26. The summed E-state index contributed by atoms with van der Waals surface area (Å²) in [5.41, 5.74) is 0. The maximum Gasteiger partial charge on any atom is 0.151 e. The van der Waals surface area contributed by atoms with Crippen LogP contribution in [0.2, 0.25) is 0 Å². The van der Waals surface area contributed by atoms with Crippen LogP contribution >= 0.6 is 22.6 Å². The maximum atomic E-state index is 5.30. The van der Waals surface area contributed by atoms with Gasteiger partial charge in [-0.2, -0.15) is 0 Å². The molecule has 0 aliphatic heterocycles. The van der Waals surface area contributed by atoms with E-state index < -0.39 is 0 Å². The normalized spacial score (nSPS) is 9.18. The average Bonchev–Trinajstić information content (AvgIpc) is 2.03. The van der Waals surface area contributed by atoms with Crippen molar-refractivity contribution < 1.29 is 4.74 Å². The summed E-state index contributed by atoms with van der Waals surface area (Å²) in [4.78, 5) is 4.06. The summed E-state index contributed by atoms with van der Waals surface area (Å²) >= 11 is 2.13. The van der Waals surface area contributed by atoms with Gasteiger partial charge in [0.05, 0.1) is 0 Å². The van der Waals surface area contributed by atoms with E-state index >= 15 is 0 Å². The molecular formula is C8H8INO. The minimum absolute atomic E-state index is 0.529. The second-order valence-electron chi connectivity index (χ2n) is 1.89. The standard InChI is InChI=1S/C8H8INO/c1-2-6-11-7-4-3-5-10-8(7)9/h2-5H,1,6H2. The Balaban J connectivity index is 2.69. The molecule has 0 saturated carbocycles. The lowest BCUT2D eigenvalue weighted by molar-refractivity contribution is 0.358. The second-order valence-corrected chi connectivity index (χ2v) is 2.91. The van der Waals surface area contributed by atoms with Gasteiger partial charge in [0.1, 0.15) is 10.3 Å². The van der Waals surface area contributed by atoms with Gasteiger partial charge in [0.25, 0.3) is 0 Å². The van der Waals surface area contributed by atoms with Gasteiger partial charge in [0.15, 0.2) is 5.75 Å². The molecule has 3 heteroatoms. The van der Waals surface area contributed by atoms with E-state index in [1.807, 2.05) is 12.1 Å². The number of hydrogen-bond acceptors (Lipinski definition) is 2. The Labute approximate surface area is 79.4 Å². The molecule has 1 heterocycles. The van der Waals surface area contributed by atoms with Crippen LogP contribution in [0.1, 0.15) is 0 Å². The summed E-state index contributed by atoms with van der Waals surface area (Å²) in [6, 6.07) is 3.73. The Morgan fingerprint density at radius 2 is 2.55 bits per heavy atom. The molecule has 2 nitrogen and oxygen atoms in total. The van der Waals surface area contributed by atoms with E-state index in [0.29, 0.717) is 6.61 Å². The van der Waals surface area contributed by atoms with Crippen LogP contribution in [0.4, 0.5) is 0 Å². The topological polar surface area (TPSA) is 22.1 Å². The predicted octanol–water partition coefficient (Wildman–Crippen LogP) is 2.25. The highest BCUT2D eigenvalue weighted by molar-refractivity contribution is 14.1. The van der Waals surface area contributed by atoms with Crippen molar-refractivity contribution >= 4 is 22.6 Å². The maximum absolute atomic E-state index is 5.30. The molecule has 0 N–H and O–H groups in total. The van der Waals surface area contributed by atoms with Crippen molar-refractivity contribution in [1.82, 2.24) is 4.98 Å². The Morgan fingerprint density at radius 1 is 1.73 bits per heavy atom. The van der Waals surface area contributed by atoms with E-state index in [1.54, 1.807) is 12.3 Å². The molecule has 0 aliphatic carbocycles. The molecule has 0 bridgehead atoms. The first kappa shape index (κ1) is 8.52. The Morgan fingerprint density at radius 3 is 3.18 bits per heavy atom. The molecule has 0 unspecified atom stereocenters. The smallest absolute Gasteiger partial charge is 0.151 e. The van der Waals surface area contributed by atoms with Crippen molar-refractivity contribution in [2.75, 3.05) is 6.61 Å². The van der Waals surface area contributed by atoms with Crippen molar-refractivity contribution in [3.05, 3.63) is 34.7 Å². The van der Waals surface area contributed by atoms with Crippen molar-refractivity contribution in [2.24, 2.45) is 0 Å². The third-order valence-electron chi connectivity index (χ3n) is 1.08. The first-order chi connectivity index (χ1) is 5.34. The molecule has 0 fully saturated rings. The third-order valence-corrected chi connectivity index (χ3v) is 1.89. The number of nitrogens with zero attached hydrogens (tertiary/aromatic N) is 1. The van der Waals surface area contributed by atoms with E-state index in [-0.39, 0.29) is 0 Å². The van der Waals surface area contributed by atoms with Crippen molar-refractivity contribution in [3.63, 3.8) is 0 Å². The van der Waals surface area contributed by atoms with Gasteiger partial charge >= 0.3 is 0 Å². The highest BCUT2D eigenvalue weighted by Crippen LogP contribution is 2.16. The van der Waals surface area contributed by atoms with Crippen molar-refractivity contribution in [1.29, 1.82) is 0 Å². The average molecular weight is 261 g/mol. The van der Waals surface area contributed by atoms with Crippen LogP contribution in [0.15, 0.2) is 31.0 Å². The quantitative estimate of drug-likeness (QED) is 0.473. The first-order valence-electron chi connectivity index (χ1n) is 3.19. The molecule has 0 amide bonds. The number of halogens is 1. The van der Waals surface area contributed by atoms with Gasteiger partial charge in [-0.05, 0) is 34.7 Å². The molecule has 11 heavy (non-hydrogen) atoms. The van der Waals surface area contributed by atoms with E-state index in [4.69, 9.17) is 4.74 Å². The van der Waals surface area contributed by atoms with Crippen LogP contribution in [0.5, 0.6) is 5.75 Å². The number of aromatic nitrogens is 1. The van der Waals surface area contributed by atoms with Crippen LogP contribution in [0.25, 0.3) is 0 Å². The highest BCUT2D eigenvalue weighted by atomic mass is 127. The molecule has 0 aliphatic rings. The van der Waals surface area contributed by atoms with Gasteiger partial charge in [-0.3, -0.25) is 0 Å². The molecule has 0 radical (unpaired) electrons. The number of hydrogen-bond donors (Lipinski definition) is 0. The zero-order valence-corrected chi connectivity index (χ0v) is 8.11. The zero-order chi connectivity index (χ0) is 8.10. The van der Waals surface area contributed by atoms with Gasteiger partial charge in [-0.15, -0.1) is 0 Å². The van der Waals surface area contributed by atoms with Crippen LogP contribution in [-0.2, 0) is 0 Å². The van der Waals surface area contributed by atoms with Gasteiger partial charge in [-0.25, -0.2) is 4.98 Å². The van der Waals surface area contributed by atoms with Gasteiger partial charge in [0.2, 0.25) is 0 Å². The lowest BCUT2D eigenvalue weighted by Gasteiger charge is -2.02. The lowest BCUT2D eigenvalue weighted by Crippen LogP contribution is -1.95. The molecule has 0 spiro atoms. The fourth-order valence-electron chi connectivity index (χ4n) is 0.628. The molecule has 58 valence electrons. The fraction of sp³-hybridized carbons (Fsp3) is 0.125. The fourth-order valence-corrected chi connectivity index (χ4v) is 1.12. The minimum atomic E-state index is 0.529. The number of pyridine rings is 1. The zero-order valence-electron chi connectivity index (χ0n) is 5.96. The second kappa shape index (κ2) is 4.33. The predicted molar refractivity (Wildman–Crippen MR) is 52.6 cm³/mol. The largest absolute Gasteiger partial charge is 0.487 e. The summed E-state index contributed by atoms with van der Waals surface area (Å²) in [7, 11) is 0. The SMILES string of the molecule is C=CCOc1cccnc1I. The van der Waals surface area contributed by atoms with Crippen molar-refractivity contribution in [3.8, 4) is 5.75 Å². The number of rotatable bonds is 3. The Bertz CT molecular complexity index is 250. The molecular weight excluding hydrogens is 253 g/mol. The van der Waals surface area contributed by atoms with Gasteiger partial charge in [-0.1, -0.05) is 12.7 Å². The summed E-state index contributed by atoms with van der Waals surface area (Å²) in [5, 5.41) is 0. The van der Waals surface area contributed by atoms with E-state index in [1.165, 1.54) is 0 Å². The van der Waals surface area contributed by atoms with E-state index in [0.717, 1.165) is 9.45 Å². The van der Waals surface area contributed by atoms with Crippen LogP contribution < -0.4 is 4.74 Å². The van der Waals surface area contributed by atoms with Crippen LogP contribution in [0.3, 0.4) is 0 Å².